The topological polar surface area (TPSA) is 63.2 Å². The average Bonchev–Trinajstić information content (AvgIpc) is 2.69. The molecule has 0 unspecified atom stereocenters. The maximum Gasteiger partial charge on any atom is 0.257 e. The van der Waals surface area contributed by atoms with Crippen molar-refractivity contribution in [3.05, 3.63) is 65.9 Å². The number of benzene rings is 2. The van der Waals surface area contributed by atoms with Gasteiger partial charge in [-0.05, 0) is 55.9 Å². The molecule has 1 heterocycles. The SMILES string of the molecule is CCCCOc1cccc(C(=O)NC(=S)Nc2cccc3ccc(C)nc23)c1. The second-order valence-electron chi connectivity index (χ2n) is 6.47. The number of aryl methyl sites for hydroxylation is 1. The lowest BCUT2D eigenvalue weighted by Crippen LogP contribution is -2.34. The number of nitrogens with zero attached hydrogens (tertiary/aromatic N) is 1. The van der Waals surface area contributed by atoms with Gasteiger partial charge in [0.2, 0.25) is 0 Å². The molecule has 0 fully saturated rings. The van der Waals surface area contributed by atoms with E-state index in [-0.39, 0.29) is 11.0 Å². The van der Waals surface area contributed by atoms with Gasteiger partial charge in [0.15, 0.2) is 5.11 Å². The molecule has 144 valence electrons. The van der Waals surface area contributed by atoms with E-state index < -0.39 is 0 Å². The number of pyridine rings is 1. The molecule has 3 aromatic rings. The van der Waals surface area contributed by atoms with E-state index in [1.165, 1.54) is 0 Å². The molecule has 1 aromatic heterocycles. The van der Waals surface area contributed by atoms with Gasteiger partial charge < -0.3 is 10.1 Å². The highest BCUT2D eigenvalue weighted by atomic mass is 32.1. The molecule has 0 radical (unpaired) electrons. The summed E-state index contributed by atoms with van der Waals surface area (Å²) in [5.74, 6) is 0.386. The third-order valence-electron chi connectivity index (χ3n) is 4.20. The second kappa shape index (κ2) is 9.28. The van der Waals surface area contributed by atoms with Gasteiger partial charge >= 0.3 is 0 Å². The van der Waals surface area contributed by atoms with Crippen LogP contribution in [0.2, 0.25) is 0 Å². The normalized spacial score (nSPS) is 10.5. The van der Waals surface area contributed by atoms with E-state index in [9.17, 15) is 4.79 Å². The van der Waals surface area contributed by atoms with Crippen LogP contribution in [0.4, 0.5) is 5.69 Å². The van der Waals surface area contributed by atoms with Gasteiger partial charge in [-0.3, -0.25) is 15.1 Å². The fourth-order valence-corrected chi connectivity index (χ4v) is 2.94. The number of hydrogen-bond acceptors (Lipinski definition) is 4. The minimum Gasteiger partial charge on any atom is -0.494 e. The van der Waals surface area contributed by atoms with Crippen LogP contribution in [0.25, 0.3) is 10.9 Å². The lowest BCUT2D eigenvalue weighted by molar-refractivity contribution is 0.0977. The highest BCUT2D eigenvalue weighted by Crippen LogP contribution is 2.21. The molecule has 0 saturated carbocycles. The van der Waals surface area contributed by atoms with E-state index in [0.29, 0.717) is 17.9 Å². The van der Waals surface area contributed by atoms with Crippen LogP contribution in [0.1, 0.15) is 35.8 Å². The molecule has 0 aliphatic carbocycles. The minimum atomic E-state index is -0.289. The van der Waals surface area contributed by atoms with Crippen molar-refractivity contribution in [2.45, 2.75) is 26.7 Å². The molecule has 0 bridgehead atoms. The Balaban J connectivity index is 1.68. The van der Waals surface area contributed by atoms with E-state index >= 15 is 0 Å². The molecule has 0 saturated heterocycles. The Labute approximate surface area is 170 Å². The molecule has 28 heavy (non-hydrogen) atoms. The van der Waals surface area contributed by atoms with Crippen LogP contribution in [-0.4, -0.2) is 22.6 Å². The Kier molecular flexibility index (Phi) is 6.55. The molecule has 0 aliphatic heterocycles. The van der Waals surface area contributed by atoms with Crippen LogP contribution in [0.3, 0.4) is 0 Å². The number of rotatable bonds is 6. The number of para-hydroxylation sites is 1. The lowest BCUT2D eigenvalue weighted by Gasteiger charge is -2.12. The molecule has 5 nitrogen and oxygen atoms in total. The van der Waals surface area contributed by atoms with Crippen molar-refractivity contribution in [1.82, 2.24) is 10.3 Å². The van der Waals surface area contributed by atoms with E-state index in [4.69, 9.17) is 17.0 Å². The highest BCUT2D eigenvalue weighted by molar-refractivity contribution is 7.80. The first kappa shape index (κ1) is 19.8. The zero-order chi connectivity index (χ0) is 19.9. The molecular formula is C22H23N3O2S. The summed E-state index contributed by atoms with van der Waals surface area (Å²) in [4.78, 5) is 17.1. The van der Waals surface area contributed by atoms with Gasteiger partial charge in [-0.2, -0.15) is 0 Å². The quantitative estimate of drug-likeness (QED) is 0.463. The summed E-state index contributed by atoms with van der Waals surface area (Å²) in [7, 11) is 0. The Hall–Kier alpha value is -2.99. The van der Waals surface area contributed by atoms with Gasteiger partial charge in [-0.1, -0.05) is 37.6 Å². The maximum atomic E-state index is 12.5. The number of aromatic nitrogens is 1. The first-order chi connectivity index (χ1) is 13.6. The molecule has 1 amide bonds. The van der Waals surface area contributed by atoms with Gasteiger partial charge in [-0.25, -0.2) is 0 Å². The number of carbonyl (C=O) groups is 1. The van der Waals surface area contributed by atoms with Crippen LogP contribution in [0.15, 0.2) is 54.6 Å². The zero-order valence-electron chi connectivity index (χ0n) is 16.0. The van der Waals surface area contributed by atoms with Crippen LogP contribution in [0.5, 0.6) is 5.75 Å². The fraction of sp³-hybridized carbons (Fsp3) is 0.227. The van der Waals surface area contributed by atoms with Crippen LogP contribution < -0.4 is 15.4 Å². The Morgan fingerprint density at radius 2 is 1.96 bits per heavy atom. The average molecular weight is 394 g/mol. The summed E-state index contributed by atoms with van der Waals surface area (Å²) in [6.07, 6.45) is 2.03. The molecule has 6 heteroatoms. The molecule has 0 spiro atoms. The van der Waals surface area contributed by atoms with E-state index in [1.54, 1.807) is 18.2 Å². The summed E-state index contributed by atoms with van der Waals surface area (Å²) in [6, 6.07) is 16.8. The third kappa shape index (κ3) is 5.04. The van der Waals surface area contributed by atoms with Crippen LogP contribution >= 0.6 is 12.2 Å². The Morgan fingerprint density at radius 1 is 1.14 bits per heavy atom. The van der Waals surface area contributed by atoms with Gasteiger partial charge in [0.05, 0.1) is 17.8 Å². The molecular weight excluding hydrogens is 370 g/mol. The first-order valence-electron chi connectivity index (χ1n) is 9.28. The maximum absolute atomic E-state index is 12.5. The second-order valence-corrected chi connectivity index (χ2v) is 6.88. The van der Waals surface area contributed by atoms with E-state index in [0.717, 1.165) is 35.1 Å². The number of unbranched alkanes of at least 4 members (excludes halogenated alkanes) is 1. The van der Waals surface area contributed by atoms with Gasteiger partial charge in [-0.15, -0.1) is 0 Å². The number of ether oxygens (including phenoxy) is 1. The molecule has 2 N–H and O–H groups in total. The van der Waals surface area contributed by atoms with E-state index in [1.807, 2.05) is 43.3 Å². The zero-order valence-corrected chi connectivity index (χ0v) is 16.8. The predicted octanol–water partition coefficient (Wildman–Crippen LogP) is 4.85. The van der Waals surface area contributed by atoms with Gasteiger partial charge in [0, 0.05) is 16.6 Å². The van der Waals surface area contributed by atoms with Crippen molar-refractivity contribution in [3.8, 4) is 5.75 Å². The van der Waals surface area contributed by atoms with Crippen LogP contribution in [0, 0.1) is 6.92 Å². The standard InChI is InChI=1S/C22H23N3O2S/c1-3-4-13-27-18-9-5-8-17(14-18)21(26)25-22(28)24-19-10-6-7-16-12-11-15(2)23-20(16)19/h5-12,14H,3-4,13H2,1-2H3,(H2,24,25,26,28). The van der Waals surface area contributed by atoms with Crippen molar-refractivity contribution < 1.29 is 9.53 Å². The van der Waals surface area contributed by atoms with Gasteiger partial charge in [0.1, 0.15) is 5.75 Å². The number of nitrogens with one attached hydrogen (secondary N) is 2. The Morgan fingerprint density at radius 3 is 2.79 bits per heavy atom. The van der Waals surface area contributed by atoms with Crippen molar-refractivity contribution in [2.75, 3.05) is 11.9 Å². The molecule has 0 aliphatic rings. The number of carbonyl (C=O) groups excluding carboxylic acids is 1. The van der Waals surface area contributed by atoms with Crippen molar-refractivity contribution in [3.63, 3.8) is 0 Å². The minimum absolute atomic E-state index is 0.220. The summed E-state index contributed by atoms with van der Waals surface area (Å²) in [6.45, 7) is 4.68. The number of fused-ring (bicyclic) bond motifs is 1. The van der Waals surface area contributed by atoms with E-state index in [2.05, 4.69) is 22.5 Å². The fourth-order valence-electron chi connectivity index (χ4n) is 2.74. The Bertz CT molecular complexity index is 1000. The van der Waals surface area contributed by atoms with Gasteiger partial charge in [0.25, 0.3) is 5.91 Å². The summed E-state index contributed by atoms with van der Waals surface area (Å²) < 4.78 is 5.66. The molecule has 3 rings (SSSR count). The monoisotopic (exact) mass is 393 g/mol. The summed E-state index contributed by atoms with van der Waals surface area (Å²) in [5.41, 5.74) is 2.97. The lowest BCUT2D eigenvalue weighted by atomic mass is 10.2. The molecule has 2 aromatic carbocycles. The number of amides is 1. The van der Waals surface area contributed by atoms with Crippen molar-refractivity contribution in [1.29, 1.82) is 0 Å². The third-order valence-corrected chi connectivity index (χ3v) is 4.40. The first-order valence-corrected chi connectivity index (χ1v) is 9.69. The van der Waals surface area contributed by atoms with Crippen molar-refractivity contribution >= 4 is 39.8 Å². The van der Waals surface area contributed by atoms with Crippen molar-refractivity contribution in [2.24, 2.45) is 0 Å². The number of hydrogen-bond donors (Lipinski definition) is 2. The molecule has 0 atom stereocenters. The largest absolute Gasteiger partial charge is 0.494 e. The smallest absolute Gasteiger partial charge is 0.257 e. The number of thiocarbonyl (C=S) groups is 1. The summed E-state index contributed by atoms with van der Waals surface area (Å²) in [5, 5.41) is 7.01. The highest BCUT2D eigenvalue weighted by Gasteiger charge is 2.11. The predicted molar refractivity (Wildman–Crippen MR) is 117 cm³/mol. The van der Waals surface area contributed by atoms with Crippen LogP contribution in [-0.2, 0) is 0 Å². The number of anilines is 1. The summed E-state index contributed by atoms with van der Waals surface area (Å²) >= 11 is 5.32.